The summed E-state index contributed by atoms with van der Waals surface area (Å²) in [5.41, 5.74) is 0. The van der Waals surface area contributed by atoms with E-state index in [1.165, 1.54) is 44.9 Å². The Labute approximate surface area is 70.4 Å². The van der Waals surface area contributed by atoms with Gasteiger partial charge >= 0.3 is 0 Å². The van der Waals surface area contributed by atoms with Crippen LogP contribution in [0.2, 0.25) is 0 Å². The molecule has 2 aliphatic rings. The standard InChI is InChI=1S/C11H19/c1-9(11-7-8-11)10-5-3-2-4-6-10/h10-11H,2-8H2,1H3. The summed E-state index contributed by atoms with van der Waals surface area (Å²) in [7, 11) is 0. The summed E-state index contributed by atoms with van der Waals surface area (Å²) in [6.45, 7) is 2.41. The number of rotatable bonds is 2. The molecule has 63 valence electrons. The smallest absolute Gasteiger partial charge is 0.0210 e. The monoisotopic (exact) mass is 151 g/mol. The summed E-state index contributed by atoms with van der Waals surface area (Å²) in [5, 5.41) is 0. The molecule has 2 rings (SSSR count). The molecule has 0 unspecified atom stereocenters. The van der Waals surface area contributed by atoms with Crippen LogP contribution in [0.15, 0.2) is 0 Å². The second kappa shape index (κ2) is 3.16. The zero-order chi connectivity index (χ0) is 7.68. The van der Waals surface area contributed by atoms with Crippen LogP contribution in [0.1, 0.15) is 51.9 Å². The lowest BCUT2D eigenvalue weighted by atomic mass is 9.79. The maximum Gasteiger partial charge on any atom is -0.0210 e. The predicted molar refractivity (Wildman–Crippen MR) is 48.2 cm³/mol. The third-order valence-electron chi connectivity index (χ3n) is 3.47. The first-order valence-electron chi connectivity index (χ1n) is 5.21. The van der Waals surface area contributed by atoms with E-state index < -0.39 is 0 Å². The first kappa shape index (κ1) is 7.64. The molecule has 2 saturated carbocycles. The molecule has 2 fully saturated rings. The van der Waals surface area contributed by atoms with Crippen molar-refractivity contribution in [1.82, 2.24) is 0 Å². The third-order valence-corrected chi connectivity index (χ3v) is 3.47. The van der Waals surface area contributed by atoms with Crippen LogP contribution in [0.4, 0.5) is 0 Å². The molecule has 0 nitrogen and oxygen atoms in total. The van der Waals surface area contributed by atoms with Crippen LogP contribution in [0.5, 0.6) is 0 Å². The van der Waals surface area contributed by atoms with E-state index in [0.29, 0.717) is 0 Å². The molecule has 11 heavy (non-hydrogen) atoms. The van der Waals surface area contributed by atoms with Gasteiger partial charge in [0.1, 0.15) is 0 Å². The Bertz CT molecular complexity index is 118. The lowest BCUT2D eigenvalue weighted by Gasteiger charge is -2.26. The van der Waals surface area contributed by atoms with Crippen molar-refractivity contribution in [3.8, 4) is 0 Å². The molecule has 0 amide bonds. The van der Waals surface area contributed by atoms with Crippen molar-refractivity contribution in [3.63, 3.8) is 0 Å². The molecule has 0 aromatic rings. The second-order valence-electron chi connectivity index (χ2n) is 4.35. The molecule has 2 aliphatic carbocycles. The van der Waals surface area contributed by atoms with E-state index in [4.69, 9.17) is 0 Å². The Balaban J connectivity index is 1.81. The highest BCUT2D eigenvalue weighted by Gasteiger charge is 2.33. The van der Waals surface area contributed by atoms with E-state index in [1.54, 1.807) is 0 Å². The van der Waals surface area contributed by atoms with Crippen molar-refractivity contribution in [2.75, 3.05) is 0 Å². The minimum absolute atomic E-state index is 1.02. The highest BCUT2D eigenvalue weighted by molar-refractivity contribution is 5.04. The summed E-state index contributed by atoms with van der Waals surface area (Å²) in [6.07, 6.45) is 10.5. The first-order chi connectivity index (χ1) is 5.38. The van der Waals surface area contributed by atoms with Gasteiger partial charge in [0.15, 0.2) is 0 Å². The van der Waals surface area contributed by atoms with Gasteiger partial charge in [-0.3, -0.25) is 0 Å². The van der Waals surface area contributed by atoms with E-state index in [9.17, 15) is 0 Å². The second-order valence-corrected chi connectivity index (χ2v) is 4.35. The molecular formula is C11H19. The highest BCUT2D eigenvalue weighted by Crippen LogP contribution is 2.45. The molecule has 0 bridgehead atoms. The van der Waals surface area contributed by atoms with Gasteiger partial charge in [-0.15, -0.1) is 0 Å². The average Bonchev–Trinajstić information content (AvgIpc) is 2.87. The zero-order valence-corrected chi connectivity index (χ0v) is 7.60. The fourth-order valence-electron chi connectivity index (χ4n) is 2.43. The summed E-state index contributed by atoms with van der Waals surface area (Å²) in [5.74, 6) is 3.93. The van der Waals surface area contributed by atoms with Crippen LogP contribution in [-0.2, 0) is 0 Å². The number of hydrogen-bond donors (Lipinski definition) is 0. The molecule has 0 heterocycles. The van der Waals surface area contributed by atoms with Gasteiger partial charge in [0.05, 0.1) is 0 Å². The quantitative estimate of drug-likeness (QED) is 0.566. The number of hydrogen-bond acceptors (Lipinski definition) is 0. The molecular weight excluding hydrogens is 132 g/mol. The molecule has 0 aliphatic heterocycles. The van der Waals surface area contributed by atoms with Crippen LogP contribution in [0, 0.1) is 17.8 Å². The van der Waals surface area contributed by atoms with Gasteiger partial charge in [-0.25, -0.2) is 0 Å². The van der Waals surface area contributed by atoms with E-state index in [0.717, 1.165) is 11.8 Å². The van der Waals surface area contributed by atoms with Crippen molar-refractivity contribution >= 4 is 0 Å². The maximum atomic E-state index is 2.41. The predicted octanol–water partition coefficient (Wildman–Crippen LogP) is 3.57. The summed E-state index contributed by atoms with van der Waals surface area (Å²) >= 11 is 0. The highest BCUT2D eigenvalue weighted by atomic mass is 14.4. The van der Waals surface area contributed by atoms with Crippen LogP contribution in [-0.4, -0.2) is 0 Å². The molecule has 0 spiro atoms. The van der Waals surface area contributed by atoms with Gasteiger partial charge in [0.2, 0.25) is 0 Å². The van der Waals surface area contributed by atoms with Gasteiger partial charge in [-0.1, -0.05) is 26.2 Å². The first-order valence-corrected chi connectivity index (χ1v) is 5.21. The fraction of sp³-hybridized carbons (Fsp3) is 0.909. The minimum atomic E-state index is 1.02. The van der Waals surface area contributed by atoms with E-state index in [1.807, 2.05) is 5.92 Å². The average molecular weight is 151 g/mol. The van der Waals surface area contributed by atoms with Crippen LogP contribution >= 0.6 is 0 Å². The molecule has 0 aromatic carbocycles. The van der Waals surface area contributed by atoms with Gasteiger partial charge in [-0.2, -0.15) is 0 Å². The van der Waals surface area contributed by atoms with Gasteiger partial charge in [0.25, 0.3) is 0 Å². The normalized spacial score (nSPS) is 27.8. The molecule has 0 heteroatoms. The fourth-order valence-corrected chi connectivity index (χ4v) is 2.43. The van der Waals surface area contributed by atoms with E-state index >= 15 is 0 Å². The third kappa shape index (κ3) is 1.77. The van der Waals surface area contributed by atoms with E-state index in [-0.39, 0.29) is 0 Å². The Kier molecular flexibility index (Phi) is 2.20. The van der Waals surface area contributed by atoms with Gasteiger partial charge < -0.3 is 0 Å². The molecule has 0 saturated heterocycles. The zero-order valence-electron chi connectivity index (χ0n) is 7.60. The van der Waals surface area contributed by atoms with Crippen molar-refractivity contribution in [3.05, 3.63) is 5.92 Å². The Hall–Kier alpha value is 0. The minimum Gasteiger partial charge on any atom is -0.0586 e. The van der Waals surface area contributed by atoms with Crippen molar-refractivity contribution < 1.29 is 0 Å². The van der Waals surface area contributed by atoms with Crippen LogP contribution in [0.3, 0.4) is 0 Å². The Morgan fingerprint density at radius 3 is 1.91 bits per heavy atom. The maximum absolute atomic E-state index is 2.41. The molecule has 1 radical (unpaired) electrons. The van der Waals surface area contributed by atoms with Gasteiger partial charge in [0, 0.05) is 0 Å². The Morgan fingerprint density at radius 2 is 1.36 bits per heavy atom. The molecule has 0 aromatic heterocycles. The van der Waals surface area contributed by atoms with Crippen molar-refractivity contribution in [2.24, 2.45) is 11.8 Å². The largest absolute Gasteiger partial charge is 0.0586 e. The summed E-state index contributed by atoms with van der Waals surface area (Å²) in [6, 6.07) is 0. The topological polar surface area (TPSA) is 0 Å². The van der Waals surface area contributed by atoms with Crippen LogP contribution < -0.4 is 0 Å². The summed E-state index contributed by atoms with van der Waals surface area (Å²) in [4.78, 5) is 0. The molecule has 0 N–H and O–H groups in total. The van der Waals surface area contributed by atoms with Crippen LogP contribution in [0.25, 0.3) is 0 Å². The Morgan fingerprint density at radius 1 is 0.818 bits per heavy atom. The lowest BCUT2D eigenvalue weighted by Crippen LogP contribution is -2.14. The van der Waals surface area contributed by atoms with Crippen molar-refractivity contribution in [1.29, 1.82) is 0 Å². The van der Waals surface area contributed by atoms with Gasteiger partial charge in [-0.05, 0) is 43.4 Å². The molecule has 0 atom stereocenters. The summed E-state index contributed by atoms with van der Waals surface area (Å²) < 4.78 is 0. The van der Waals surface area contributed by atoms with Crippen molar-refractivity contribution in [2.45, 2.75) is 51.9 Å². The lowest BCUT2D eigenvalue weighted by molar-refractivity contribution is 0.354. The SMILES string of the molecule is C[C](C1CCCCC1)C1CC1. The van der Waals surface area contributed by atoms with E-state index in [2.05, 4.69) is 6.92 Å².